The largest absolute Gasteiger partial charge is 0.481 e. The molecule has 2 fully saturated rings. The number of esters is 1. The molecule has 2 aliphatic rings. The fourth-order valence-corrected chi connectivity index (χ4v) is 4.69. The summed E-state index contributed by atoms with van der Waals surface area (Å²) in [5.41, 5.74) is 0. The van der Waals surface area contributed by atoms with Crippen LogP contribution >= 0.6 is 0 Å². The molecule has 0 radical (unpaired) electrons. The zero-order chi connectivity index (χ0) is 15.6. The van der Waals surface area contributed by atoms with Gasteiger partial charge in [0.2, 0.25) is 0 Å². The van der Waals surface area contributed by atoms with Crippen molar-refractivity contribution in [1.82, 2.24) is 8.61 Å². The van der Waals surface area contributed by atoms with E-state index in [-0.39, 0.29) is 32.0 Å². The molecule has 0 spiro atoms. The van der Waals surface area contributed by atoms with Crippen molar-refractivity contribution in [3.05, 3.63) is 0 Å². The lowest BCUT2D eigenvalue weighted by Crippen LogP contribution is -2.57. The normalized spacial score (nSPS) is 24.7. The summed E-state index contributed by atoms with van der Waals surface area (Å²) in [6.07, 6.45) is 1.05. The Morgan fingerprint density at radius 1 is 1.33 bits per heavy atom. The lowest BCUT2D eigenvalue weighted by molar-refractivity contribution is -0.147. The lowest BCUT2D eigenvalue weighted by atomic mass is 10.00. The smallest absolute Gasteiger partial charge is 0.324 e. The van der Waals surface area contributed by atoms with Gasteiger partial charge in [-0.15, -0.1) is 0 Å². The minimum Gasteiger partial charge on any atom is -0.481 e. The second-order valence-corrected chi connectivity index (χ2v) is 7.19. The van der Waals surface area contributed by atoms with Crippen molar-refractivity contribution in [2.45, 2.75) is 32.2 Å². The third-order valence-electron chi connectivity index (χ3n) is 3.77. The molecule has 120 valence electrons. The number of ether oxygens (including phenoxy) is 1. The van der Waals surface area contributed by atoms with Gasteiger partial charge in [0.1, 0.15) is 6.04 Å². The molecular weight excluding hydrogens is 300 g/mol. The Labute approximate surface area is 123 Å². The Kier molecular flexibility index (Phi) is 4.84. The summed E-state index contributed by atoms with van der Waals surface area (Å²) in [6.45, 7) is 2.58. The molecule has 8 nitrogen and oxygen atoms in total. The molecule has 2 heterocycles. The Balaban J connectivity index is 1.99. The molecular formula is C12H20N2O6S. The van der Waals surface area contributed by atoms with Crippen LogP contribution in [0.5, 0.6) is 0 Å². The van der Waals surface area contributed by atoms with Gasteiger partial charge in [0.25, 0.3) is 10.2 Å². The van der Waals surface area contributed by atoms with Crippen molar-refractivity contribution in [1.29, 1.82) is 0 Å². The highest BCUT2D eigenvalue weighted by Gasteiger charge is 2.46. The summed E-state index contributed by atoms with van der Waals surface area (Å²) in [7, 11) is -3.71. The third-order valence-corrected chi connectivity index (χ3v) is 5.75. The predicted molar refractivity (Wildman–Crippen MR) is 72.6 cm³/mol. The highest BCUT2D eigenvalue weighted by Crippen LogP contribution is 2.29. The van der Waals surface area contributed by atoms with Crippen molar-refractivity contribution in [3.63, 3.8) is 0 Å². The van der Waals surface area contributed by atoms with Gasteiger partial charge in [-0.3, -0.25) is 9.59 Å². The van der Waals surface area contributed by atoms with Crippen molar-refractivity contribution >= 4 is 22.1 Å². The van der Waals surface area contributed by atoms with Gasteiger partial charge in [0, 0.05) is 19.6 Å². The zero-order valence-corrected chi connectivity index (χ0v) is 12.7. The fraction of sp³-hybridized carbons (Fsp3) is 0.833. The number of hydrogen-bond acceptors (Lipinski definition) is 5. The predicted octanol–water partition coefficient (Wildman–Crippen LogP) is -0.335. The average Bonchev–Trinajstić information content (AvgIpc) is 2.82. The Hall–Kier alpha value is -1.19. The molecule has 9 heteroatoms. The van der Waals surface area contributed by atoms with Gasteiger partial charge in [-0.2, -0.15) is 17.0 Å². The standard InChI is InChI=1S/C12H20N2O6S/c1-2-20-12(17)10-4-3-5-14(10)21(18,19)13-7-9(8-13)6-11(15)16/h9-10H,2-8H2,1H3,(H,15,16). The van der Waals surface area contributed by atoms with E-state index in [4.69, 9.17) is 9.84 Å². The molecule has 21 heavy (non-hydrogen) atoms. The van der Waals surface area contributed by atoms with Gasteiger partial charge in [-0.25, -0.2) is 0 Å². The first kappa shape index (κ1) is 16.2. The van der Waals surface area contributed by atoms with Crippen LogP contribution < -0.4 is 0 Å². The highest BCUT2D eigenvalue weighted by molar-refractivity contribution is 7.86. The van der Waals surface area contributed by atoms with E-state index in [9.17, 15) is 18.0 Å². The van der Waals surface area contributed by atoms with E-state index in [2.05, 4.69) is 0 Å². The van der Waals surface area contributed by atoms with Crippen LogP contribution in [0.1, 0.15) is 26.2 Å². The maximum Gasteiger partial charge on any atom is 0.324 e. The molecule has 0 amide bonds. The minimum absolute atomic E-state index is 0.0344. The van der Waals surface area contributed by atoms with E-state index < -0.39 is 28.2 Å². The average molecular weight is 320 g/mol. The number of carbonyl (C=O) groups excluding carboxylic acids is 1. The first-order valence-electron chi connectivity index (χ1n) is 7.01. The number of carboxylic acids is 1. The van der Waals surface area contributed by atoms with Crippen LogP contribution in [0.4, 0.5) is 0 Å². The number of carboxylic acid groups (broad SMARTS) is 1. The molecule has 0 saturated carbocycles. The van der Waals surface area contributed by atoms with Crippen LogP contribution in [0.2, 0.25) is 0 Å². The summed E-state index contributed by atoms with van der Waals surface area (Å²) < 4.78 is 32.3. The molecule has 0 aromatic heterocycles. The van der Waals surface area contributed by atoms with Crippen LogP contribution in [-0.4, -0.2) is 66.4 Å². The molecule has 0 bridgehead atoms. The van der Waals surface area contributed by atoms with Gasteiger partial charge in [-0.1, -0.05) is 0 Å². The van der Waals surface area contributed by atoms with E-state index in [0.717, 1.165) is 0 Å². The highest BCUT2D eigenvalue weighted by atomic mass is 32.2. The maximum absolute atomic E-state index is 12.5. The molecule has 1 unspecified atom stereocenters. The molecule has 0 aromatic rings. The zero-order valence-electron chi connectivity index (χ0n) is 11.9. The Bertz CT molecular complexity index is 514. The van der Waals surface area contributed by atoms with Gasteiger partial charge in [0.15, 0.2) is 0 Å². The second-order valence-electron chi connectivity index (χ2n) is 5.31. The van der Waals surface area contributed by atoms with Gasteiger partial charge in [0.05, 0.1) is 13.0 Å². The van der Waals surface area contributed by atoms with E-state index in [1.165, 1.54) is 8.61 Å². The van der Waals surface area contributed by atoms with Crippen LogP contribution in [0.25, 0.3) is 0 Å². The van der Waals surface area contributed by atoms with Gasteiger partial charge >= 0.3 is 11.9 Å². The number of nitrogens with zero attached hydrogens (tertiary/aromatic N) is 2. The summed E-state index contributed by atoms with van der Waals surface area (Å²) in [5, 5.41) is 8.68. The van der Waals surface area contributed by atoms with Gasteiger partial charge < -0.3 is 9.84 Å². The first-order chi connectivity index (χ1) is 9.86. The summed E-state index contributed by atoms with van der Waals surface area (Å²) in [5.74, 6) is -1.59. The first-order valence-corrected chi connectivity index (χ1v) is 8.41. The quantitative estimate of drug-likeness (QED) is 0.672. The lowest BCUT2D eigenvalue weighted by Gasteiger charge is -2.40. The van der Waals surface area contributed by atoms with E-state index in [0.29, 0.717) is 19.4 Å². The van der Waals surface area contributed by atoms with Gasteiger partial charge in [-0.05, 0) is 25.7 Å². The van der Waals surface area contributed by atoms with Crippen molar-refractivity contribution in [2.24, 2.45) is 5.92 Å². The van der Waals surface area contributed by atoms with Crippen molar-refractivity contribution < 1.29 is 27.9 Å². The summed E-state index contributed by atoms with van der Waals surface area (Å²) in [6, 6.07) is -0.756. The number of carbonyl (C=O) groups is 2. The molecule has 0 aliphatic carbocycles. The molecule has 0 aromatic carbocycles. The van der Waals surface area contributed by atoms with E-state index in [1.54, 1.807) is 6.92 Å². The third kappa shape index (κ3) is 3.35. The number of rotatable bonds is 6. The number of aliphatic carboxylic acids is 1. The van der Waals surface area contributed by atoms with E-state index >= 15 is 0 Å². The van der Waals surface area contributed by atoms with Crippen LogP contribution in [0.15, 0.2) is 0 Å². The van der Waals surface area contributed by atoms with Crippen molar-refractivity contribution in [2.75, 3.05) is 26.2 Å². The number of hydrogen-bond donors (Lipinski definition) is 1. The minimum atomic E-state index is -3.71. The summed E-state index contributed by atoms with van der Waals surface area (Å²) >= 11 is 0. The second kappa shape index (κ2) is 6.29. The van der Waals surface area contributed by atoms with E-state index in [1.807, 2.05) is 0 Å². The Morgan fingerprint density at radius 3 is 2.57 bits per heavy atom. The molecule has 1 atom stereocenters. The fourth-order valence-electron chi connectivity index (χ4n) is 2.73. The Morgan fingerprint density at radius 2 is 2.00 bits per heavy atom. The molecule has 2 saturated heterocycles. The molecule has 2 rings (SSSR count). The van der Waals surface area contributed by atoms with Crippen LogP contribution in [0, 0.1) is 5.92 Å². The topological polar surface area (TPSA) is 104 Å². The maximum atomic E-state index is 12.5. The van der Waals surface area contributed by atoms with Crippen LogP contribution in [0.3, 0.4) is 0 Å². The summed E-state index contributed by atoms with van der Waals surface area (Å²) in [4.78, 5) is 22.4. The van der Waals surface area contributed by atoms with Crippen molar-refractivity contribution in [3.8, 4) is 0 Å². The molecule has 1 N–H and O–H groups in total. The monoisotopic (exact) mass is 320 g/mol. The molecule has 2 aliphatic heterocycles. The van der Waals surface area contributed by atoms with Crippen LogP contribution in [-0.2, 0) is 24.5 Å². The SMILES string of the molecule is CCOC(=O)C1CCCN1S(=O)(=O)N1CC(CC(=O)O)C1.